The second kappa shape index (κ2) is 5.59. The molecule has 4 nitrogen and oxygen atoms in total. The lowest BCUT2D eigenvalue weighted by Gasteiger charge is -2.06. The largest absolute Gasteiger partial charge is 0.508 e. The molecule has 4 heteroatoms. The van der Waals surface area contributed by atoms with Crippen LogP contribution in [0.4, 0.5) is 0 Å². The first-order chi connectivity index (χ1) is 6.77. The van der Waals surface area contributed by atoms with Crippen molar-refractivity contribution in [2.75, 3.05) is 14.2 Å². The van der Waals surface area contributed by atoms with Gasteiger partial charge in [0.25, 0.3) is 0 Å². The number of hydroxylamine groups is 1. The molecule has 0 radical (unpaired) electrons. The van der Waals surface area contributed by atoms with Crippen LogP contribution in [0.15, 0.2) is 18.2 Å². The van der Waals surface area contributed by atoms with E-state index in [0.29, 0.717) is 13.2 Å². The molecule has 0 aliphatic heterocycles. The summed E-state index contributed by atoms with van der Waals surface area (Å²) in [6.45, 7) is 0.987. The Morgan fingerprint density at radius 1 is 1.36 bits per heavy atom. The van der Waals surface area contributed by atoms with Crippen molar-refractivity contribution in [3.05, 3.63) is 29.3 Å². The summed E-state index contributed by atoms with van der Waals surface area (Å²) in [6.07, 6.45) is 0. The third kappa shape index (κ3) is 2.99. The van der Waals surface area contributed by atoms with Gasteiger partial charge in [0.15, 0.2) is 0 Å². The van der Waals surface area contributed by atoms with E-state index in [1.54, 1.807) is 20.3 Å². The number of aromatic hydroxyl groups is 1. The average molecular weight is 197 g/mol. The van der Waals surface area contributed by atoms with Crippen LogP contribution in [0, 0.1) is 0 Å². The lowest BCUT2D eigenvalue weighted by molar-refractivity contribution is 0.0866. The number of hydrogen-bond donors (Lipinski definition) is 2. The molecule has 2 N–H and O–H groups in total. The predicted molar refractivity (Wildman–Crippen MR) is 52.7 cm³/mol. The highest BCUT2D eigenvalue weighted by molar-refractivity contribution is 5.35. The zero-order chi connectivity index (χ0) is 10.4. The number of rotatable bonds is 5. The maximum Gasteiger partial charge on any atom is 0.121 e. The number of nitrogens with one attached hydrogen (secondary N) is 1. The van der Waals surface area contributed by atoms with E-state index in [-0.39, 0.29) is 5.75 Å². The number of methoxy groups -OCH3 is 1. The van der Waals surface area contributed by atoms with Crippen molar-refractivity contribution in [2.45, 2.75) is 13.2 Å². The number of phenols is 1. The first-order valence-corrected chi connectivity index (χ1v) is 4.33. The minimum atomic E-state index is 0.252. The molecule has 1 rings (SSSR count). The fourth-order valence-electron chi connectivity index (χ4n) is 1.15. The molecule has 78 valence electrons. The Morgan fingerprint density at radius 2 is 2.14 bits per heavy atom. The first-order valence-electron chi connectivity index (χ1n) is 4.33. The minimum absolute atomic E-state index is 0.252. The van der Waals surface area contributed by atoms with Gasteiger partial charge in [0.1, 0.15) is 5.75 Å². The highest BCUT2D eigenvalue weighted by atomic mass is 16.6. The van der Waals surface area contributed by atoms with Gasteiger partial charge in [-0.3, -0.25) is 0 Å². The van der Waals surface area contributed by atoms with Gasteiger partial charge in [0, 0.05) is 19.2 Å². The van der Waals surface area contributed by atoms with E-state index >= 15 is 0 Å². The highest BCUT2D eigenvalue weighted by Gasteiger charge is 2.01. The highest BCUT2D eigenvalue weighted by Crippen LogP contribution is 2.19. The average Bonchev–Trinajstić information content (AvgIpc) is 2.19. The molecule has 14 heavy (non-hydrogen) atoms. The molecule has 0 aliphatic carbocycles. The minimum Gasteiger partial charge on any atom is -0.508 e. The summed E-state index contributed by atoms with van der Waals surface area (Å²) in [4.78, 5) is 4.71. The van der Waals surface area contributed by atoms with Crippen LogP contribution in [-0.4, -0.2) is 19.3 Å². The monoisotopic (exact) mass is 197 g/mol. The van der Waals surface area contributed by atoms with E-state index in [4.69, 9.17) is 9.57 Å². The van der Waals surface area contributed by atoms with Crippen LogP contribution < -0.4 is 5.48 Å². The van der Waals surface area contributed by atoms with E-state index in [0.717, 1.165) is 11.1 Å². The zero-order valence-corrected chi connectivity index (χ0v) is 8.41. The smallest absolute Gasteiger partial charge is 0.121 e. The zero-order valence-electron chi connectivity index (χ0n) is 8.41. The number of benzene rings is 1. The van der Waals surface area contributed by atoms with Crippen molar-refractivity contribution < 1.29 is 14.7 Å². The lowest BCUT2D eigenvalue weighted by Crippen LogP contribution is -2.10. The van der Waals surface area contributed by atoms with Crippen LogP contribution in [0.1, 0.15) is 11.1 Å². The molecule has 0 unspecified atom stereocenters. The summed E-state index contributed by atoms with van der Waals surface area (Å²) in [5.41, 5.74) is 4.45. The molecule has 0 saturated heterocycles. The third-order valence-corrected chi connectivity index (χ3v) is 1.87. The number of hydrogen-bond acceptors (Lipinski definition) is 4. The van der Waals surface area contributed by atoms with Crippen molar-refractivity contribution in [2.24, 2.45) is 0 Å². The Hall–Kier alpha value is -1.10. The third-order valence-electron chi connectivity index (χ3n) is 1.87. The normalized spacial score (nSPS) is 10.4. The standard InChI is InChI=1S/C10H15NO3/c1-13-7-9-4-3-8(5-10(9)12)6-11-14-2/h3-5,11-12H,6-7H2,1-2H3. The molecule has 0 saturated carbocycles. The Morgan fingerprint density at radius 3 is 2.71 bits per heavy atom. The predicted octanol–water partition coefficient (Wildman–Crippen LogP) is 1.19. The van der Waals surface area contributed by atoms with Gasteiger partial charge >= 0.3 is 0 Å². The molecule has 0 amide bonds. The maximum absolute atomic E-state index is 9.57. The second-order valence-electron chi connectivity index (χ2n) is 2.92. The van der Waals surface area contributed by atoms with Gasteiger partial charge in [0.2, 0.25) is 0 Å². The van der Waals surface area contributed by atoms with Gasteiger partial charge in [0.05, 0.1) is 13.7 Å². The molecular weight excluding hydrogens is 182 g/mol. The van der Waals surface area contributed by atoms with E-state index < -0.39 is 0 Å². The van der Waals surface area contributed by atoms with Crippen molar-refractivity contribution in [1.29, 1.82) is 0 Å². The van der Waals surface area contributed by atoms with Crippen molar-refractivity contribution in [3.63, 3.8) is 0 Å². The molecule has 0 fully saturated rings. The SMILES string of the molecule is COCc1ccc(CNOC)cc1O. The molecule has 0 heterocycles. The Kier molecular flexibility index (Phi) is 4.39. The second-order valence-corrected chi connectivity index (χ2v) is 2.92. The van der Waals surface area contributed by atoms with Crippen LogP contribution in [-0.2, 0) is 22.7 Å². The summed E-state index contributed by atoms with van der Waals surface area (Å²) in [5, 5.41) is 9.57. The fourth-order valence-corrected chi connectivity index (χ4v) is 1.15. The summed E-state index contributed by atoms with van der Waals surface area (Å²) in [7, 11) is 3.15. The van der Waals surface area contributed by atoms with Gasteiger partial charge in [-0.15, -0.1) is 0 Å². The molecule has 0 aromatic heterocycles. The molecule has 0 spiro atoms. The molecule has 0 atom stereocenters. The van der Waals surface area contributed by atoms with Crippen molar-refractivity contribution >= 4 is 0 Å². The summed E-state index contributed by atoms with van der Waals surface area (Å²) in [6, 6.07) is 5.45. The van der Waals surface area contributed by atoms with Crippen LogP contribution in [0.2, 0.25) is 0 Å². The number of phenolic OH excluding ortho intramolecular Hbond substituents is 1. The van der Waals surface area contributed by atoms with E-state index in [2.05, 4.69) is 5.48 Å². The Bertz CT molecular complexity index is 289. The van der Waals surface area contributed by atoms with Gasteiger partial charge < -0.3 is 14.7 Å². The van der Waals surface area contributed by atoms with Gasteiger partial charge in [-0.05, 0) is 11.6 Å². The van der Waals surface area contributed by atoms with Crippen LogP contribution in [0.5, 0.6) is 5.75 Å². The van der Waals surface area contributed by atoms with E-state index in [1.807, 2.05) is 12.1 Å². The fraction of sp³-hybridized carbons (Fsp3) is 0.400. The lowest BCUT2D eigenvalue weighted by atomic mass is 10.1. The molecule has 1 aromatic carbocycles. The van der Waals surface area contributed by atoms with Gasteiger partial charge in [-0.2, -0.15) is 5.48 Å². The summed E-state index contributed by atoms with van der Waals surface area (Å²) >= 11 is 0. The van der Waals surface area contributed by atoms with Gasteiger partial charge in [-0.25, -0.2) is 0 Å². The molecule has 1 aromatic rings. The van der Waals surface area contributed by atoms with Crippen LogP contribution >= 0.6 is 0 Å². The molecule has 0 bridgehead atoms. The van der Waals surface area contributed by atoms with E-state index in [9.17, 15) is 5.11 Å². The van der Waals surface area contributed by atoms with Gasteiger partial charge in [-0.1, -0.05) is 12.1 Å². The van der Waals surface area contributed by atoms with E-state index in [1.165, 1.54) is 0 Å². The quantitative estimate of drug-likeness (QED) is 0.696. The topological polar surface area (TPSA) is 50.7 Å². The van der Waals surface area contributed by atoms with Crippen molar-refractivity contribution in [3.8, 4) is 5.75 Å². The first kappa shape index (κ1) is 11.0. The summed E-state index contributed by atoms with van der Waals surface area (Å²) in [5.74, 6) is 0.252. The maximum atomic E-state index is 9.57. The summed E-state index contributed by atoms with van der Waals surface area (Å²) < 4.78 is 4.93. The van der Waals surface area contributed by atoms with Crippen LogP contribution in [0.3, 0.4) is 0 Å². The Labute approximate surface area is 83.4 Å². The number of ether oxygens (including phenoxy) is 1. The van der Waals surface area contributed by atoms with Crippen molar-refractivity contribution in [1.82, 2.24) is 5.48 Å². The molecule has 0 aliphatic rings. The van der Waals surface area contributed by atoms with Crippen LogP contribution in [0.25, 0.3) is 0 Å². The molecular formula is C10H15NO3. The Balaban J connectivity index is 2.68.